The fourth-order valence-corrected chi connectivity index (χ4v) is 2.08. The Balaban J connectivity index is 2.05. The first kappa shape index (κ1) is 13.3. The molecule has 2 N–H and O–H groups in total. The van der Waals surface area contributed by atoms with Crippen molar-refractivity contribution < 1.29 is 19.1 Å². The van der Waals surface area contributed by atoms with E-state index in [9.17, 15) is 19.1 Å². The summed E-state index contributed by atoms with van der Waals surface area (Å²) >= 11 is 0. The maximum absolute atomic E-state index is 13.1. The molecule has 102 valence electrons. The summed E-state index contributed by atoms with van der Waals surface area (Å²) in [5.41, 5.74) is -0.0976. The highest BCUT2D eigenvalue weighted by atomic mass is 19.1. The van der Waals surface area contributed by atoms with Crippen LogP contribution in [0.2, 0.25) is 0 Å². The van der Waals surface area contributed by atoms with Crippen LogP contribution in [0.3, 0.4) is 0 Å². The van der Waals surface area contributed by atoms with Crippen molar-refractivity contribution in [2.75, 3.05) is 13.6 Å². The van der Waals surface area contributed by atoms with Crippen molar-refractivity contribution in [3.05, 3.63) is 29.6 Å². The van der Waals surface area contributed by atoms with E-state index in [-0.39, 0.29) is 23.3 Å². The molecule has 5 nitrogen and oxygen atoms in total. The highest BCUT2D eigenvalue weighted by Gasteiger charge is 2.25. The molecule has 1 aliphatic rings. The zero-order valence-electron chi connectivity index (χ0n) is 10.5. The van der Waals surface area contributed by atoms with Gasteiger partial charge in [0.25, 0.3) is 5.91 Å². The number of amides is 2. The number of phenolic OH excluding ortho intramolecular Hbond substituents is 1. The largest absolute Gasteiger partial charge is 0.507 e. The van der Waals surface area contributed by atoms with Gasteiger partial charge in [-0.1, -0.05) is 0 Å². The number of piperidine rings is 1. The second-order valence-corrected chi connectivity index (χ2v) is 4.64. The van der Waals surface area contributed by atoms with Crippen molar-refractivity contribution in [2.24, 2.45) is 0 Å². The predicted octanol–water partition coefficient (Wildman–Crippen LogP) is 0.882. The van der Waals surface area contributed by atoms with Crippen molar-refractivity contribution in [2.45, 2.75) is 18.9 Å². The van der Waals surface area contributed by atoms with Gasteiger partial charge in [-0.05, 0) is 24.6 Å². The first-order chi connectivity index (χ1) is 8.97. The van der Waals surface area contributed by atoms with Crippen LogP contribution in [0.25, 0.3) is 0 Å². The molecule has 0 radical (unpaired) electrons. The average Bonchev–Trinajstić information content (AvgIpc) is 2.36. The van der Waals surface area contributed by atoms with E-state index in [1.165, 1.54) is 0 Å². The van der Waals surface area contributed by atoms with Crippen LogP contribution in [-0.4, -0.2) is 41.5 Å². The number of hydrogen-bond donors (Lipinski definition) is 2. The topological polar surface area (TPSA) is 69.6 Å². The number of carbonyl (C=O) groups is 2. The minimum Gasteiger partial charge on any atom is -0.507 e. The third-order valence-corrected chi connectivity index (χ3v) is 3.17. The van der Waals surface area contributed by atoms with Gasteiger partial charge in [-0.25, -0.2) is 4.39 Å². The SMILES string of the molecule is CN1CC(NC(=O)c2cc(F)ccc2O)CCC1=O. The Bertz CT molecular complexity index is 519. The molecule has 0 bridgehead atoms. The molecule has 1 aliphatic heterocycles. The molecule has 2 amide bonds. The number of halogens is 1. The number of hydrogen-bond acceptors (Lipinski definition) is 3. The molecule has 1 aromatic rings. The second-order valence-electron chi connectivity index (χ2n) is 4.64. The molecule has 1 fully saturated rings. The summed E-state index contributed by atoms with van der Waals surface area (Å²) in [5, 5.41) is 12.2. The molecule has 6 heteroatoms. The Morgan fingerprint density at radius 1 is 1.53 bits per heavy atom. The lowest BCUT2D eigenvalue weighted by atomic mass is 10.0. The van der Waals surface area contributed by atoms with Crippen LogP contribution in [-0.2, 0) is 4.79 Å². The third kappa shape index (κ3) is 3.01. The van der Waals surface area contributed by atoms with Gasteiger partial charge in [0.2, 0.25) is 5.91 Å². The van der Waals surface area contributed by atoms with Crippen LogP contribution in [0, 0.1) is 5.82 Å². The number of likely N-dealkylation sites (N-methyl/N-ethyl adjacent to an activating group) is 1. The van der Waals surface area contributed by atoms with Crippen LogP contribution in [0.4, 0.5) is 4.39 Å². The van der Waals surface area contributed by atoms with Crippen LogP contribution in [0.1, 0.15) is 23.2 Å². The first-order valence-electron chi connectivity index (χ1n) is 6.00. The van der Waals surface area contributed by atoms with Crippen LogP contribution < -0.4 is 5.32 Å². The number of phenols is 1. The maximum Gasteiger partial charge on any atom is 0.255 e. The van der Waals surface area contributed by atoms with Crippen molar-refractivity contribution in [1.82, 2.24) is 10.2 Å². The molecular formula is C13H15FN2O3. The zero-order valence-corrected chi connectivity index (χ0v) is 10.5. The van der Waals surface area contributed by atoms with Gasteiger partial charge in [-0.15, -0.1) is 0 Å². The van der Waals surface area contributed by atoms with Crippen LogP contribution >= 0.6 is 0 Å². The Labute approximate surface area is 110 Å². The molecule has 1 heterocycles. The van der Waals surface area contributed by atoms with Crippen LogP contribution in [0.5, 0.6) is 5.75 Å². The molecular weight excluding hydrogens is 251 g/mol. The Kier molecular flexibility index (Phi) is 3.69. The van der Waals surface area contributed by atoms with Gasteiger partial charge < -0.3 is 15.3 Å². The lowest BCUT2D eigenvalue weighted by Gasteiger charge is -2.30. The normalized spacial score (nSPS) is 19.4. The number of carbonyl (C=O) groups excluding carboxylic acids is 2. The predicted molar refractivity (Wildman–Crippen MR) is 66.2 cm³/mol. The summed E-state index contributed by atoms with van der Waals surface area (Å²) in [6.45, 7) is 0.417. The third-order valence-electron chi connectivity index (χ3n) is 3.17. The molecule has 1 aromatic carbocycles. The quantitative estimate of drug-likeness (QED) is 0.835. The van der Waals surface area contributed by atoms with Gasteiger partial charge in [-0.3, -0.25) is 9.59 Å². The van der Waals surface area contributed by atoms with Gasteiger partial charge in [-0.2, -0.15) is 0 Å². The number of aromatic hydroxyl groups is 1. The van der Waals surface area contributed by atoms with Crippen molar-refractivity contribution in [1.29, 1.82) is 0 Å². The molecule has 1 unspecified atom stereocenters. The zero-order chi connectivity index (χ0) is 14.0. The summed E-state index contributed by atoms with van der Waals surface area (Å²) in [6.07, 6.45) is 0.918. The number of nitrogens with one attached hydrogen (secondary N) is 1. The van der Waals surface area contributed by atoms with Gasteiger partial charge in [0, 0.05) is 26.1 Å². The van der Waals surface area contributed by atoms with Crippen molar-refractivity contribution >= 4 is 11.8 Å². The van der Waals surface area contributed by atoms with E-state index in [4.69, 9.17) is 0 Å². The number of nitrogens with zero attached hydrogens (tertiary/aromatic N) is 1. The standard InChI is InChI=1S/C13H15FN2O3/c1-16-7-9(3-5-12(16)18)15-13(19)10-6-8(14)2-4-11(10)17/h2,4,6,9,17H,3,5,7H2,1H3,(H,15,19). The number of benzene rings is 1. The molecule has 1 atom stereocenters. The number of likely N-dealkylation sites (tertiary alicyclic amines) is 1. The maximum atomic E-state index is 13.1. The van der Waals surface area contributed by atoms with Crippen LogP contribution in [0.15, 0.2) is 18.2 Å². The molecule has 0 aliphatic carbocycles. The lowest BCUT2D eigenvalue weighted by Crippen LogP contribution is -2.48. The van der Waals surface area contributed by atoms with E-state index < -0.39 is 11.7 Å². The number of rotatable bonds is 2. The molecule has 2 rings (SSSR count). The summed E-state index contributed by atoms with van der Waals surface area (Å²) in [4.78, 5) is 24.8. The van der Waals surface area contributed by atoms with Crippen molar-refractivity contribution in [3.8, 4) is 5.75 Å². The Hall–Kier alpha value is -2.11. The minimum atomic E-state index is -0.584. The van der Waals surface area contributed by atoms with Gasteiger partial charge in [0.15, 0.2) is 0 Å². The van der Waals surface area contributed by atoms with Crippen molar-refractivity contribution in [3.63, 3.8) is 0 Å². The summed E-state index contributed by atoms with van der Waals surface area (Å²) < 4.78 is 13.1. The van der Waals surface area contributed by atoms with Gasteiger partial charge in [0.1, 0.15) is 11.6 Å². The molecule has 0 aromatic heterocycles. The van der Waals surface area contributed by atoms with E-state index >= 15 is 0 Å². The van der Waals surface area contributed by atoms with E-state index in [0.29, 0.717) is 19.4 Å². The summed E-state index contributed by atoms with van der Waals surface area (Å²) in [5.74, 6) is -1.35. The first-order valence-corrected chi connectivity index (χ1v) is 6.00. The lowest BCUT2D eigenvalue weighted by molar-refractivity contribution is -0.132. The van der Waals surface area contributed by atoms with E-state index in [1.807, 2.05) is 0 Å². The van der Waals surface area contributed by atoms with Gasteiger partial charge in [0.05, 0.1) is 5.56 Å². The Morgan fingerprint density at radius 2 is 2.26 bits per heavy atom. The highest BCUT2D eigenvalue weighted by Crippen LogP contribution is 2.18. The Morgan fingerprint density at radius 3 is 2.95 bits per heavy atom. The van der Waals surface area contributed by atoms with E-state index in [1.54, 1.807) is 11.9 Å². The summed E-state index contributed by atoms with van der Waals surface area (Å²) in [7, 11) is 1.67. The average molecular weight is 266 g/mol. The summed E-state index contributed by atoms with van der Waals surface area (Å²) in [6, 6.07) is 3.03. The molecule has 1 saturated heterocycles. The molecule has 19 heavy (non-hydrogen) atoms. The van der Waals surface area contributed by atoms with Gasteiger partial charge >= 0.3 is 0 Å². The highest BCUT2D eigenvalue weighted by molar-refractivity contribution is 5.97. The fourth-order valence-electron chi connectivity index (χ4n) is 2.08. The minimum absolute atomic E-state index is 0.0408. The fraction of sp³-hybridized carbons (Fsp3) is 0.385. The smallest absolute Gasteiger partial charge is 0.255 e. The van der Waals surface area contributed by atoms with E-state index in [2.05, 4.69) is 5.32 Å². The molecule has 0 saturated carbocycles. The monoisotopic (exact) mass is 266 g/mol. The molecule has 0 spiro atoms. The second kappa shape index (κ2) is 5.26. The van der Waals surface area contributed by atoms with E-state index in [0.717, 1.165) is 18.2 Å².